The smallest absolute Gasteiger partial charge is 0.164 e. The van der Waals surface area contributed by atoms with Gasteiger partial charge in [0.15, 0.2) is 34.9 Å². The highest BCUT2D eigenvalue weighted by Crippen LogP contribution is 2.59. The zero-order chi connectivity index (χ0) is 70.6. The first-order chi connectivity index (χ1) is 52.5. The summed E-state index contributed by atoms with van der Waals surface area (Å²) < 4.78 is 13.2. The maximum Gasteiger partial charge on any atom is 0.164 e. The number of fused-ring (bicyclic) bond motifs is 4. The predicted octanol–water partition coefficient (Wildman–Crippen LogP) is 23.7. The van der Waals surface area contributed by atoms with E-state index in [1.54, 1.807) is 0 Å². The lowest BCUT2D eigenvalue weighted by atomic mass is 9.62. The topological polar surface area (TPSA) is 95.8 Å². The lowest BCUT2D eigenvalue weighted by molar-refractivity contribution is 0.434. The molecule has 0 bridgehead atoms. The average molecular weight is 1360 g/mol. The van der Waals surface area contributed by atoms with Crippen molar-refractivity contribution in [1.29, 1.82) is 0 Å². The summed E-state index contributed by atoms with van der Waals surface area (Å²) in [5, 5.41) is 0. The fourth-order valence-corrected chi connectivity index (χ4v) is 15.4. The SMILES string of the molecule is c1ccc(-c2ccc(-c3nc(-c4ccccc4)nc(-c4cccc(-c5ccccc5C5(c6ccccc6)c6ccccc6Oc6ccccc65)c4)n3)cc2)cc1.c1ccc(-c2nc(-c3ccccc3)nc(-c3cccc(-c4ccccc4C4(c5ccccc5)c5ccccc5Oc5ccccc54)c3)n2)cc1. The number of nitrogens with zero attached hydrogens (tertiary/aromatic N) is 6. The third-order valence-electron chi connectivity index (χ3n) is 20.2. The van der Waals surface area contributed by atoms with Gasteiger partial charge in [-0.1, -0.05) is 364 Å². The Labute approximate surface area is 616 Å². The van der Waals surface area contributed by atoms with Crippen LogP contribution in [-0.2, 0) is 10.8 Å². The van der Waals surface area contributed by atoms with Gasteiger partial charge < -0.3 is 9.47 Å². The Bertz CT molecular complexity index is 5870. The van der Waals surface area contributed by atoms with E-state index in [0.717, 1.165) is 118 Å². The van der Waals surface area contributed by atoms with Crippen LogP contribution >= 0.6 is 0 Å². The third-order valence-corrected chi connectivity index (χ3v) is 20.2. The predicted molar refractivity (Wildman–Crippen MR) is 425 cm³/mol. The fourth-order valence-electron chi connectivity index (χ4n) is 15.4. The summed E-state index contributed by atoms with van der Waals surface area (Å²) in [5.41, 5.74) is 20.0. The minimum absolute atomic E-state index is 0.611. The van der Waals surface area contributed by atoms with E-state index in [-0.39, 0.29) is 0 Å². The molecule has 2 aliphatic rings. The van der Waals surface area contributed by atoms with Gasteiger partial charge in [0.05, 0.1) is 10.8 Å². The standard InChI is InChI=1S/C52H35N3O.C46H31N3O/c1-4-17-36(18-5-1)37-31-33-39(34-32-37)50-53-49(38-19-6-2-7-20-38)54-51(55-50)41-22-16-21-40(35-41)43-25-10-11-26-44(43)52(42-23-8-3-9-24-42)45-27-12-14-29-47(45)56-48-30-15-13-28-46(48)52;1-4-17-32(18-5-1)43-47-44(33-19-6-2-7-20-33)49-45(48-43)35-22-16-21-34(31-35)37-25-10-11-26-38(37)46(36-23-8-3-9-24-36)39-27-12-14-29-41(39)50-42-30-15-13-28-40(42)46/h1-35H;1-31H. The Morgan fingerprint density at radius 3 is 0.708 bits per heavy atom. The van der Waals surface area contributed by atoms with Crippen LogP contribution < -0.4 is 9.47 Å². The molecule has 0 fully saturated rings. The number of ether oxygens (including phenoxy) is 2. The maximum absolute atomic E-state index is 6.60. The highest BCUT2D eigenvalue weighted by molar-refractivity contribution is 5.83. The summed E-state index contributed by atoms with van der Waals surface area (Å²) in [6.07, 6.45) is 0. The molecule has 0 saturated heterocycles. The fraction of sp³-hybridized carbons (Fsp3) is 0.0204. The van der Waals surface area contributed by atoms with E-state index in [1.165, 1.54) is 16.7 Å². The molecule has 17 aromatic rings. The Balaban J connectivity index is 0.000000151. The maximum atomic E-state index is 6.60. The molecule has 0 amide bonds. The molecule has 0 radical (unpaired) electrons. The number of benzene rings is 15. The van der Waals surface area contributed by atoms with E-state index in [9.17, 15) is 0 Å². The van der Waals surface area contributed by atoms with E-state index in [4.69, 9.17) is 39.4 Å². The Morgan fingerprint density at radius 1 is 0.160 bits per heavy atom. The lowest BCUT2D eigenvalue weighted by Crippen LogP contribution is -2.34. The summed E-state index contributed by atoms with van der Waals surface area (Å²) >= 11 is 0. The zero-order valence-electron chi connectivity index (χ0n) is 57.6. The van der Waals surface area contributed by atoms with Gasteiger partial charge in [-0.25, -0.2) is 29.9 Å². The molecule has 19 rings (SSSR count). The van der Waals surface area contributed by atoms with Gasteiger partial charge in [-0.2, -0.15) is 0 Å². The summed E-state index contributed by atoms with van der Waals surface area (Å²) in [6.45, 7) is 0. The zero-order valence-corrected chi connectivity index (χ0v) is 57.6. The van der Waals surface area contributed by atoms with Crippen molar-refractivity contribution >= 4 is 0 Å². The highest BCUT2D eigenvalue weighted by Gasteiger charge is 2.48. The molecule has 0 saturated carbocycles. The molecule has 2 aliphatic heterocycles. The molecule has 2 aromatic heterocycles. The first-order valence-electron chi connectivity index (χ1n) is 35.6. The van der Waals surface area contributed by atoms with Crippen molar-refractivity contribution in [1.82, 2.24) is 29.9 Å². The second-order valence-corrected chi connectivity index (χ2v) is 26.3. The minimum Gasteiger partial charge on any atom is -0.457 e. The number of hydrogen-bond acceptors (Lipinski definition) is 8. The van der Waals surface area contributed by atoms with Gasteiger partial charge in [-0.15, -0.1) is 0 Å². The van der Waals surface area contributed by atoms with Gasteiger partial charge in [-0.3, -0.25) is 0 Å². The van der Waals surface area contributed by atoms with E-state index in [0.29, 0.717) is 34.9 Å². The van der Waals surface area contributed by atoms with Crippen LogP contribution in [0.15, 0.2) is 400 Å². The van der Waals surface area contributed by atoms with Gasteiger partial charge in [0, 0.05) is 55.6 Å². The molecule has 8 heteroatoms. The molecule has 4 heterocycles. The Morgan fingerprint density at radius 2 is 0.377 bits per heavy atom. The van der Waals surface area contributed by atoms with Crippen LogP contribution in [0.25, 0.3) is 102 Å². The van der Waals surface area contributed by atoms with Crippen molar-refractivity contribution in [3.8, 4) is 125 Å². The quantitative estimate of drug-likeness (QED) is 0.113. The number of aromatic nitrogens is 6. The molecule has 0 N–H and O–H groups in total. The molecule has 106 heavy (non-hydrogen) atoms. The van der Waals surface area contributed by atoms with Crippen LogP contribution in [0.5, 0.6) is 23.0 Å². The Hall–Kier alpha value is -14.1. The molecule has 15 aromatic carbocycles. The van der Waals surface area contributed by atoms with Crippen molar-refractivity contribution in [3.05, 3.63) is 445 Å². The summed E-state index contributed by atoms with van der Waals surface area (Å²) in [7, 11) is 0. The average Bonchev–Trinajstić information content (AvgIpc) is 0.708. The van der Waals surface area contributed by atoms with Gasteiger partial charge >= 0.3 is 0 Å². The second kappa shape index (κ2) is 28.0. The summed E-state index contributed by atoms with van der Waals surface area (Å²) in [4.78, 5) is 30.2. The third kappa shape index (κ3) is 11.8. The second-order valence-electron chi connectivity index (χ2n) is 26.3. The molecular weight excluding hydrogens is 1290 g/mol. The van der Waals surface area contributed by atoms with Crippen LogP contribution in [0, 0.1) is 0 Å². The van der Waals surface area contributed by atoms with Crippen molar-refractivity contribution in [2.75, 3.05) is 0 Å². The van der Waals surface area contributed by atoms with Gasteiger partial charge in [0.1, 0.15) is 23.0 Å². The molecule has 0 atom stereocenters. The van der Waals surface area contributed by atoms with Crippen LogP contribution in [0.1, 0.15) is 44.5 Å². The largest absolute Gasteiger partial charge is 0.457 e. The number of rotatable bonds is 13. The summed E-state index contributed by atoms with van der Waals surface area (Å²) in [6, 6.07) is 139. The normalized spacial score (nSPS) is 12.6. The van der Waals surface area contributed by atoms with Crippen LogP contribution in [0.4, 0.5) is 0 Å². The van der Waals surface area contributed by atoms with Crippen molar-refractivity contribution in [2.24, 2.45) is 0 Å². The van der Waals surface area contributed by atoms with Crippen molar-refractivity contribution in [2.45, 2.75) is 10.8 Å². The molecule has 500 valence electrons. The monoisotopic (exact) mass is 1360 g/mol. The van der Waals surface area contributed by atoms with Gasteiger partial charge in [0.25, 0.3) is 0 Å². The van der Waals surface area contributed by atoms with E-state index >= 15 is 0 Å². The lowest BCUT2D eigenvalue weighted by Gasteiger charge is -2.42. The van der Waals surface area contributed by atoms with E-state index < -0.39 is 10.8 Å². The van der Waals surface area contributed by atoms with Crippen molar-refractivity contribution < 1.29 is 9.47 Å². The van der Waals surface area contributed by atoms with Crippen molar-refractivity contribution in [3.63, 3.8) is 0 Å². The molecular formula is C98H66N6O2. The van der Waals surface area contributed by atoms with Gasteiger partial charge in [-0.05, 0) is 92.0 Å². The number of hydrogen-bond donors (Lipinski definition) is 0. The molecule has 0 spiro atoms. The van der Waals surface area contributed by atoms with Crippen LogP contribution in [-0.4, -0.2) is 29.9 Å². The number of para-hydroxylation sites is 4. The highest BCUT2D eigenvalue weighted by atomic mass is 16.5. The first kappa shape index (κ1) is 64.0. The molecule has 0 aliphatic carbocycles. The summed E-state index contributed by atoms with van der Waals surface area (Å²) in [5.74, 6) is 7.16. The molecule has 8 nitrogen and oxygen atoms in total. The Kier molecular flexibility index (Phi) is 16.9. The molecule has 0 unspecified atom stereocenters. The van der Waals surface area contributed by atoms with E-state index in [1.807, 2.05) is 121 Å². The van der Waals surface area contributed by atoms with Crippen LogP contribution in [0.2, 0.25) is 0 Å². The minimum atomic E-state index is -0.661. The van der Waals surface area contributed by atoms with Gasteiger partial charge in [0.2, 0.25) is 0 Å². The van der Waals surface area contributed by atoms with E-state index in [2.05, 4.69) is 279 Å². The first-order valence-corrected chi connectivity index (χ1v) is 35.6. The van der Waals surface area contributed by atoms with Crippen LogP contribution in [0.3, 0.4) is 0 Å².